The van der Waals surface area contributed by atoms with Gasteiger partial charge in [0.05, 0.1) is 11.5 Å². The molecule has 1 aromatic rings. The average Bonchev–Trinajstić information content (AvgIpc) is 2.72. The smallest absolute Gasteiger partial charge is 0.230 e. The fraction of sp³-hybridized carbons (Fsp3) is 0.588. The van der Waals surface area contributed by atoms with Crippen LogP contribution in [0.3, 0.4) is 0 Å². The van der Waals surface area contributed by atoms with Gasteiger partial charge in [0, 0.05) is 5.41 Å². The summed E-state index contributed by atoms with van der Waals surface area (Å²) in [5, 5.41) is 6.81. The highest BCUT2D eigenvalue weighted by molar-refractivity contribution is 5.90. The number of hydrogen-bond donors (Lipinski definition) is 2. The quantitative estimate of drug-likeness (QED) is 0.757. The zero-order valence-electron chi connectivity index (χ0n) is 12.3. The van der Waals surface area contributed by atoms with Gasteiger partial charge in [-0.1, -0.05) is 18.2 Å². The Kier molecular flexibility index (Phi) is 2.39. The van der Waals surface area contributed by atoms with E-state index in [0.29, 0.717) is 0 Å². The first kappa shape index (κ1) is 12.4. The van der Waals surface area contributed by atoms with Gasteiger partial charge in [-0.15, -0.1) is 0 Å². The fourth-order valence-corrected chi connectivity index (χ4v) is 4.49. The van der Waals surface area contributed by atoms with Crippen LogP contribution >= 0.6 is 0 Å². The number of amides is 1. The molecule has 3 nitrogen and oxygen atoms in total. The van der Waals surface area contributed by atoms with E-state index in [2.05, 4.69) is 28.8 Å². The Hall–Kier alpha value is -1.35. The van der Waals surface area contributed by atoms with Gasteiger partial charge in [0.1, 0.15) is 0 Å². The third-order valence-corrected chi connectivity index (χ3v) is 5.76. The van der Waals surface area contributed by atoms with Crippen LogP contribution in [0.4, 0.5) is 0 Å². The zero-order chi connectivity index (χ0) is 14.0. The van der Waals surface area contributed by atoms with Gasteiger partial charge in [-0.05, 0) is 62.9 Å². The van der Waals surface area contributed by atoms with E-state index >= 15 is 0 Å². The fourth-order valence-electron chi connectivity index (χ4n) is 4.49. The van der Waals surface area contributed by atoms with E-state index < -0.39 is 5.41 Å². The zero-order valence-corrected chi connectivity index (χ0v) is 12.3. The topological polar surface area (TPSA) is 41.1 Å². The van der Waals surface area contributed by atoms with Crippen molar-refractivity contribution in [2.24, 2.45) is 5.41 Å². The summed E-state index contributed by atoms with van der Waals surface area (Å²) < 4.78 is 0. The van der Waals surface area contributed by atoms with Crippen molar-refractivity contribution >= 4 is 5.91 Å². The van der Waals surface area contributed by atoms with Crippen molar-refractivity contribution in [2.45, 2.75) is 44.6 Å². The average molecular weight is 270 g/mol. The van der Waals surface area contributed by atoms with Crippen molar-refractivity contribution in [3.63, 3.8) is 0 Å². The number of benzene rings is 1. The van der Waals surface area contributed by atoms with Gasteiger partial charge in [-0.3, -0.25) is 4.79 Å². The maximum Gasteiger partial charge on any atom is 0.230 e. The van der Waals surface area contributed by atoms with Gasteiger partial charge < -0.3 is 10.6 Å². The summed E-state index contributed by atoms with van der Waals surface area (Å²) in [7, 11) is 0. The maximum absolute atomic E-state index is 12.6. The van der Waals surface area contributed by atoms with E-state index in [-0.39, 0.29) is 17.4 Å². The summed E-state index contributed by atoms with van der Waals surface area (Å²) in [6.45, 7) is 6.22. The van der Waals surface area contributed by atoms with Crippen molar-refractivity contribution in [2.75, 3.05) is 13.1 Å². The normalized spacial score (nSPS) is 29.1. The van der Waals surface area contributed by atoms with E-state index in [4.69, 9.17) is 0 Å². The lowest BCUT2D eigenvalue weighted by molar-refractivity contribution is -0.128. The van der Waals surface area contributed by atoms with Crippen molar-refractivity contribution in [3.8, 4) is 0 Å². The van der Waals surface area contributed by atoms with Crippen molar-refractivity contribution in [1.29, 1.82) is 0 Å². The van der Waals surface area contributed by atoms with Crippen LogP contribution in [0.5, 0.6) is 0 Å². The largest absolute Gasteiger partial charge is 0.348 e. The third kappa shape index (κ3) is 1.42. The van der Waals surface area contributed by atoms with Crippen LogP contribution in [0.2, 0.25) is 0 Å². The highest BCUT2D eigenvalue weighted by Gasteiger charge is 2.53. The number of fused-ring (bicyclic) bond motifs is 1. The Labute approximate surface area is 120 Å². The van der Waals surface area contributed by atoms with Gasteiger partial charge >= 0.3 is 0 Å². The minimum absolute atomic E-state index is 0.187. The van der Waals surface area contributed by atoms with Crippen LogP contribution in [-0.2, 0) is 16.6 Å². The van der Waals surface area contributed by atoms with Gasteiger partial charge in [0.15, 0.2) is 0 Å². The lowest BCUT2D eigenvalue weighted by atomic mass is 9.69. The summed E-state index contributed by atoms with van der Waals surface area (Å²) in [5.41, 5.74) is 3.98. The maximum atomic E-state index is 12.6. The Morgan fingerprint density at radius 2 is 1.95 bits per heavy atom. The molecule has 0 aromatic heterocycles. The van der Waals surface area contributed by atoms with E-state index in [1.54, 1.807) is 0 Å². The lowest BCUT2D eigenvalue weighted by Crippen LogP contribution is -2.52. The predicted octanol–water partition coefficient (Wildman–Crippen LogP) is 2.06. The summed E-state index contributed by atoms with van der Waals surface area (Å²) in [6, 6.07) is 6.78. The molecule has 1 spiro atoms. The van der Waals surface area contributed by atoms with Gasteiger partial charge in [0.2, 0.25) is 5.91 Å². The first-order chi connectivity index (χ1) is 9.55. The van der Waals surface area contributed by atoms with Gasteiger partial charge in [-0.2, -0.15) is 0 Å². The van der Waals surface area contributed by atoms with Crippen LogP contribution in [-0.4, -0.2) is 19.0 Å². The minimum Gasteiger partial charge on any atom is -0.348 e. The number of carbonyl (C=O) groups excluding carboxylic acids is 1. The lowest BCUT2D eigenvalue weighted by Gasteiger charge is -2.44. The highest BCUT2D eigenvalue weighted by Crippen LogP contribution is 2.55. The highest BCUT2D eigenvalue weighted by atomic mass is 16.2. The molecule has 2 aliphatic heterocycles. The number of carbonyl (C=O) groups is 1. The molecule has 3 aliphatic rings. The molecule has 0 radical (unpaired) electrons. The minimum atomic E-state index is -0.402. The molecular weight excluding hydrogens is 248 g/mol. The first-order valence-corrected chi connectivity index (χ1v) is 7.69. The van der Waals surface area contributed by atoms with E-state index in [9.17, 15) is 4.79 Å². The second-order valence-electron chi connectivity index (χ2n) is 7.20. The van der Waals surface area contributed by atoms with Crippen molar-refractivity contribution in [3.05, 3.63) is 34.9 Å². The molecule has 0 unspecified atom stereocenters. The molecular formula is C17H22N2O. The molecule has 3 heteroatoms. The van der Waals surface area contributed by atoms with Crippen molar-refractivity contribution in [1.82, 2.24) is 10.6 Å². The molecule has 2 heterocycles. The van der Waals surface area contributed by atoms with E-state index in [0.717, 1.165) is 32.4 Å². The molecule has 1 amide bonds. The third-order valence-electron chi connectivity index (χ3n) is 5.76. The van der Waals surface area contributed by atoms with Crippen LogP contribution < -0.4 is 10.6 Å². The Balaban J connectivity index is 1.89. The Morgan fingerprint density at radius 1 is 1.20 bits per heavy atom. The molecule has 1 aromatic carbocycles. The monoisotopic (exact) mass is 270 g/mol. The summed E-state index contributed by atoms with van der Waals surface area (Å²) >= 11 is 0. The summed E-state index contributed by atoms with van der Waals surface area (Å²) in [4.78, 5) is 12.6. The van der Waals surface area contributed by atoms with Crippen LogP contribution in [0.15, 0.2) is 18.2 Å². The molecule has 106 valence electrons. The molecule has 20 heavy (non-hydrogen) atoms. The second kappa shape index (κ2) is 3.85. The molecule has 1 aliphatic carbocycles. The van der Waals surface area contributed by atoms with Crippen LogP contribution in [0.25, 0.3) is 0 Å². The Bertz CT molecular complexity index is 585. The number of hydrogen-bond acceptors (Lipinski definition) is 2. The van der Waals surface area contributed by atoms with Crippen molar-refractivity contribution < 1.29 is 4.79 Å². The standard InChI is InChI=1S/C17H22N2O/c1-16(2)12-5-3-4-11-10-17(6-8-18-9-7-17)14(13(11)12)19-15(16)20/h3-5,14,18H,6-10H2,1-2H3,(H,19,20)/t14-/m1/s1. The summed E-state index contributed by atoms with van der Waals surface area (Å²) in [6.07, 6.45) is 3.44. The summed E-state index contributed by atoms with van der Waals surface area (Å²) in [5.74, 6) is 0.187. The molecule has 0 bridgehead atoms. The molecule has 1 saturated heterocycles. The number of rotatable bonds is 0. The second-order valence-corrected chi connectivity index (χ2v) is 7.20. The molecule has 1 fully saturated rings. The van der Waals surface area contributed by atoms with Crippen LogP contribution in [0.1, 0.15) is 49.4 Å². The number of nitrogens with one attached hydrogen (secondary N) is 2. The molecule has 2 N–H and O–H groups in total. The SMILES string of the molecule is CC1(C)C(=O)N[C@@H]2c3c(cccc31)CC21CCNCC1. The predicted molar refractivity (Wildman–Crippen MR) is 78.6 cm³/mol. The van der Waals surface area contributed by atoms with E-state index in [1.807, 2.05) is 13.8 Å². The number of piperidine rings is 1. The molecule has 0 saturated carbocycles. The van der Waals surface area contributed by atoms with Crippen LogP contribution in [0, 0.1) is 5.41 Å². The first-order valence-electron chi connectivity index (χ1n) is 7.69. The molecule has 1 atom stereocenters. The van der Waals surface area contributed by atoms with E-state index in [1.165, 1.54) is 16.7 Å². The van der Waals surface area contributed by atoms with Gasteiger partial charge in [-0.25, -0.2) is 0 Å². The van der Waals surface area contributed by atoms with Gasteiger partial charge in [0.25, 0.3) is 0 Å². The Morgan fingerprint density at radius 3 is 2.70 bits per heavy atom. The molecule has 4 rings (SSSR count).